The minimum Gasteiger partial charge on any atom is -0.429 e. The van der Waals surface area contributed by atoms with Crippen LogP contribution in [0.5, 0.6) is 5.75 Å². The summed E-state index contributed by atoms with van der Waals surface area (Å²) in [5.74, 6) is -13.5. The molecule has 0 aliphatic carbocycles. The molecule has 2 aliphatic heterocycles. The summed E-state index contributed by atoms with van der Waals surface area (Å²) in [7, 11) is 0. The lowest BCUT2D eigenvalue weighted by molar-refractivity contribution is -0.432. The lowest BCUT2D eigenvalue weighted by Crippen LogP contribution is -2.35. The third-order valence-electron chi connectivity index (χ3n) is 6.87. The molecule has 244 valence electrons. The predicted molar refractivity (Wildman–Crippen MR) is 126 cm³/mol. The van der Waals surface area contributed by atoms with Crippen LogP contribution in [-0.4, -0.2) is 25.2 Å². The molecule has 0 aromatic heterocycles. The third-order valence-corrected chi connectivity index (χ3v) is 6.87. The van der Waals surface area contributed by atoms with Crippen molar-refractivity contribution >= 4 is 0 Å². The van der Waals surface area contributed by atoms with Crippen LogP contribution in [0.4, 0.5) is 52.7 Å². The highest BCUT2D eigenvalue weighted by atomic mass is 19.4. The van der Waals surface area contributed by atoms with E-state index in [1.54, 1.807) is 0 Å². The number of alkyl halides is 7. The molecule has 17 heteroatoms. The molecule has 0 spiro atoms. The molecule has 2 heterocycles. The lowest BCUT2D eigenvalue weighted by atomic mass is 10.00. The van der Waals surface area contributed by atoms with E-state index in [-0.39, 0.29) is 30.9 Å². The van der Waals surface area contributed by atoms with E-state index in [0.29, 0.717) is 18.6 Å². The maximum atomic E-state index is 15.1. The van der Waals surface area contributed by atoms with Gasteiger partial charge in [-0.1, -0.05) is 25.5 Å². The van der Waals surface area contributed by atoms with Gasteiger partial charge in [-0.25, -0.2) is 26.7 Å². The van der Waals surface area contributed by atoms with Crippen LogP contribution in [0, 0.1) is 29.1 Å². The first kappa shape index (κ1) is 32.8. The molecule has 45 heavy (non-hydrogen) atoms. The van der Waals surface area contributed by atoms with Gasteiger partial charge in [-0.05, 0) is 30.2 Å². The maximum absolute atomic E-state index is 15.1. The number of ether oxygens (including phenoxy) is 5. The molecule has 0 saturated carbocycles. The smallest absolute Gasteiger partial charge is 0.429 e. The third kappa shape index (κ3) is 6.17. The first-order valence-electron chi connectivity index (χ1n) is 12.8. The summed E-state index contributed by atoms with van der Waals surface area (Å²) < 4.78 is 190. The molecule has 5 nitrogen and oxygen atoms in total. The second-order valence-corrected chi connectivity index (χ2v) is 10.1. The van der Waals surface area contributed by atoms with Crippen molar-refractivity contribution in [2.45, 2.75) is 49.9 Å². The Morgan fingerprint density at radius 2 is 1.24 bits per heavy atom. The van der Waals surface area contributed by atoms with Crippen molar-refractivity contribution in [1.29, 1.82) is 0 Å². The molecule has 0 radical (unpaired) electrons. The number of fused-ring (bicyclic) bond motifs is 2. The fourth-order valence-electron chi connectivity index (χ4n) is 5.04. The van der Waals surface area contributed by atoms with Gasteiger partial charge >= 0.3 is 24.6 Å². The van der Waals surface area contributed by atoms with Crippen molar-refractivity contribution in [2.75, 3.05) is 13.2 Å². The Hall–Kier alpha value is -3.54. The van der Waals surface area contributed by atoms with Gasteiger partial charge < -0.3 is 18.9 Å². The Morgan fingerprint density at radius 1 is 0.711 bits per heavy atom. The van der Waals surface area contributed by atoms with E-state index in [1.165, 1.54) is 6.07 Å². The van der Waals surface area contributed by atoms with Crippen LogP contribution in [0.3, 0.4) is 0 Å². The normalized spacial score (nSPS) is 21.9. The largest absolute Gasteiger partial charge is 0.527 e. The minimum absolute atomic E-state index is 0.0740. The van der Waals surface area contributed by atoms with Gasteiger partial charge in [0, 0.05) is 23.3 Å². The van der Waals surface area contributed by atoms with Crippen molar-refractivity contribution in [3.8, 4) is 16.9 Å². The number of hydrogen-bond donors (Lipinski definition) is 0. The van der Waals surface area contributed by atoms with Crippen LogP contribution < -0.4 is 4.74 Å². The molecule has 2 bridgehead atoms. The van der Waals surface area contributed by atoms with E-state index >= 15 is 4.39 Å². The summed E-state index contributed by atoms with van der Waals surface area (Å²) in [5.41, 5.74) is -6.41. The van der Waals surface area contributed by atoms with Crippen molar-refractivity contribution in [3.05, 3.63) is 88.2 Å². The molecule has 0 N–H and O–H groups in total. The quantitative estimate of drug-likeness (QED) is 0.215. The summed E-state index contributed by atoms with van der Waals surface area (Å²) in [6.07, 6.45) is -15.4. The van der Waals surface area contributed by atoms with Gasteiger partial charge in [0.05, 0.1) is 13.2 Å². The number of halogens is 12. The predicted octanol–water partition coefficient (Wildman–Crippen LogP) is 8.49. The standard InChI is InChI=1S/C28H18F12O5/c1-2-5-24-11-41-27(44-24,42-12-24)14-3-4-16(17(29)8-14)13-6-18(30)22(19(31)7-13)25(34,35)43-15-9-20(32)23(21(33)10-15)26(36,37)45-28(38,39)40/h3-4,6-10H,2,5,11-12H2,1H3. The molecule has 5 rings (SSSR count). The highest BCUT2D eigenvalue weighted by Crippen LogP contribution is 2.49. The molecule has 2 saturated heterocycles. The summed E-state index contributed by atoms with van der Waals surface area (Å²) in [6, 6.07) is 3.07. The lowest BCUT2D eigenvalue weighted by Gasteiger charge is -2.24. The Morgan fingerprint density at radius 3 is 1.76 bits per heavy atom. The maximum Gasteiger partial charge on any atom is 0.527 e. The van der Waals surface area contributed by atoms with Gasteiger partial charge in [0.1, 0.15) is 51.6 Å². The van der Waals surface area contributed by atoms with E-state index < -0.39 is 87.2 Å². The number of hydrogen-bond acceptors (Lipinski definition) is 5. The summed E-state index contributed by atoms with van der Waals surface area (Å²) in [4.78, 5) is 0. The fourth-order valence-corrected chi connectivity index (χ4v) is 5.04. The van der Waals surface area contributed by atoms with Crippen LogP contribution in [-0.2, 0) is 37.1 Å². The Bertz CT molecular complexity index is 1570. The fraction of sp³-hybridized carbons (Fsp3) is 0.357. The van der Waals surface area contributed by atoms with Crippen molar-refractivity contribution < 1.29 is 76.4 Å². The van der Waals surface area contributed by atoms with E-state index in [4.69, 9.17) is 14.2 Å². The Kier molecular flexibility index (Phi) is 8.07. The molecule has 0 unspecified atom stereocenters. The van der Waals surface area contributed by atoms with Crippen LogP contribution in [0.25, 0.3) is 11.1 Å². The van der Waals surface area contributed by atoms with Crippen LogP contribution >= 0.6 is 0 Å². The summed E-state index contributed by atoms with van der Waals surface area (Å²) in [5, 5.41) is 0. The van der Waals surface area contributed by atoms with Crippen molar-refractivity contribution in [2.24, 2.45) is 0 Å². The topological polar surface area (TPSA) is 46.2 Å². The number of rotatable bonds is 9. The van der Waals surface area contributed by atoms with Crippen molar-refractivity contribution in [3.63, 3.8) is 0 Å². The highest BCUT2D eigenvalue weighted by molar-refractivity contribution is 5.65. The average Bonchev–Trinajstić information content (AvgIpc) is 3.43. The molecule has 2 aliphatic rings. The minimum atomic E-state index is -6.05. The molecular formula is C28H18F12O5. The van der Waals surface area contributed by atoms with Gasteiger partial charge in [0.25, 0.3) is 0 Å². The van der Waals surface area contributed by atoms with Gasteiger partial charge in [0.15, 0.2) is 0 Å². The van der Waals surface area contributed by atoms with Crippen LogP contribution in [0.1, 0.15) is 36.5 Å². The molecule has 0 atom stereocenters. The SMILES string of the molecule is CCCC12COC(c3ccc(-c4cc(F)c(C(F)(F)Oc5cc(F)c(C(F)(F)OC(F)(F)F)c(F)c5)c(F)c4)c(F)c3)(OC1)O2. The van der Waals surface area contributed by atoms with Crippen LogP contribution in [0.2, 0.25) is 0 Å². The van der Waals surface area contributed by atoms with E-state index in [1.807, 2.05) is 6.92 Å². The van der Waals surface area contributed by atoms with Gasteiger partial charge in [-0.15, -0.1) is 13.2 Å². The molecule has 3 aromatic rings. The number of benzene rings is 3. The highest BCUT2D eigenvalue weighted by Gasteiger charge is 2.59. The van der Waals surface area contributed by atoms with E-state index in [9.17, 15) is 48.3 Å². The first-order valence-corrected chi connectivity index (χ1v) is 12.8. The van der Waals surface area contributed by atoms with E-state index in [0.717, 1.165) is 18.6 Å². The summed E-state index contributed by atoms with van der Waals surface area (Å²) >= 11 is 0. The molecule has 0 amide bonds. The molecule has 2 fully saturated rings. The van der Waals surface area contributed by atoms with Gasteiger partial charge in [-0.3, -0.25) is 0 Å². The zero-order valence-electron chi connectivity index (χ0n) is 22.4. The zero-order chi connectivity index (χ0) is 33.2. The monoisotopic (exact) mass is 662 g/mol. The molecule has 3 aromatic carbocycles. The zero-order valence-corrected chi connectivity index (χ0v) is 22.4. The Balaban J connectivity index is 1.40. The van der Waals surface area contributed by atoms with Gasteiger partial charge in [0.2, 0.25) is 0 Å². The van der Waals surface area contributed by atoms with E-state index in [2.05, 4.69) is 9.47 Å². The van der Waals surface area contributed by atoms with Crippen LogP contribution in [0.15, 0.2) is 42.5 Å². The second-order valence-electron chi connectivity index (χ2n) is 10.1. The van der Waals surface area contributed by atoms with Crippen molar-refractivity contribution in [1.82, 2.24) is 0 Å². The Labute approximate surface area is 245 Å². The van der Waals surface area contributed by atoms with Gasteiger partial charge in [-0.2, -0.15) is 17.6 Å². The molecular weight excluding hydrogens is 644 g/mol. The first-order chi connectivity index (χ1) is 20.8. The summed E-state index contributed by atoms with van der Waals surface area (Å²) in [6.45, 7) is 2.25. The average molecular weight is 662 g/mol. The second kappa shape index (κ2) is 11.1.